The van der Waals surface area contributed by atoms with Gasteiger partial charge in [0.2, 0.25) is 0 Å². The van der Waals surface area contributed by atoms with Crippen molar-refractivity contribution < 1.29 is 9.53 Å². The summed E-state index contributed by atoms with van der Waals surface area (Å²) in [7, 11) is 0. The van der Waals surface area contributed by atoms with Gasteiger partial charge in [-0.3, -0.25) is 4.79 Å². The highest BCUT2D eigenvalue weighted by molar-refractivity contribution is 7.10. The van der Waals surface area contributed by atoms with Gasteiger partial charge in [-0.2, -0.15) is 4.37 Å². The Hall–Kier alpha value is -0.940. The fraction of sp³-hybridized carbons (Fsp3) is 0.636. The van der Waals surface area contributed by atoms with Crippen LogP contribution in [0.15, 0.2) is 0 Å². The second-order valence-electron chi connectivity index (χ2n) is 4.52. The van der Waals surface area contributed by atoms with Crippen LogP contribution in [-0.4, -0.2) is 28.9 Å². The molecule has 0 bridgehead atoms. The number of carbonyl (C=O) groups is 1. The summed E-state index contributed by atoms with van der Waals surface area (Å²) in [5.41, 5.74) is 1.46. The van der Waals surface area contributed by atoms with E-state index in [9.17, 15) is 4.79 Å². The second kappa shape index (κ2) is 4.14. The van der Waals surface area contributed by atoms with Crippen molar-refractivity contribution in [1.29, 1.82) is 0 Å². The highest BCUT2D eigenvalue weighted by Crippen LogP contribution is 2.30. The van der Waals surface area contributed by atoms with Gasteiger partial charge in [0.1, 0.15) is 5.00 Å². The third-order valence-electron chi connectivity index (χ3n) is 2.85. The Bertz CT molecular complexity index is 408. The molecule has 0 spiro atoms. The number of carbonyl (C=O) groups excluding carboxylic acids is 1. The number of hydrogen-bond donors (Lipinski definition) is 1. The van der Waals surface area contributed by atoms with Crippen molar-refractivity contribution >= 4 is 22.3 Å². The number of aromatic nitrogens is 1. The van der Waals surface area contributed by atoms with Crippen LogP contribution in [0, 0.1) is 6.92 Å². The quantitative estimate of drug-likeness (QED) is 0.823. The molecule has 0 saturated carbocycles. The van der Waals surface area contributed by atoms with E-state index in [4.69, 9.17) is 4.74 Å². The predicted octanol–water partition coefficient (Wildman–Crippen LogP) is 2.25. The maximum Gasteiger partial charge on any atom is 0.164 e. The standard InChI is InChI=1S/C11H16N2O2S/c1-7-9(8(2)14)10(16-13-7)12-11(3)4-5-15-6-11/h12H,4-6H2,1-3H3. The number of rotatable bonds is 3. The van der Waals surface area contributed by atoms with Crippen LogP contribution in [0.2, 0.25) is 0 Å². The number of anilines is 1. The molecular weight excluding hydrogens is 224 g/mol. The lowest BCUT2D eigenvalue weighted by molar-refractivity contribution is 0.101. The molecule has 1 N–H and O–H groups in total. The van der Waals surface area contributed by atoms with Crippen LogP contribution >= 0.6 is 11.5 Å². The molecule has 1 unspecified atom stereocenters. The van der Waals surface area contributed by atoms with Gasteiger partial charge in [-0.25, -0.2) is 0 Å². The van der Waals surface area contributed by atoms with Crippen LogP contribution in [0.1, 0.15) is 36.3 Å². The molecule has 1 fully saturated rings. The molecule has 0 aromatic carbocycles. The fourth-order valence-electron chi connectivity index (χ4n) is 1.91. The van der Waals surface area contributed by atoms with Crippen LogP contribution in [0.25, 0.3) is 0 Å². The van der Waals surface area contributed by atoms with Gasteiger partial charge in [0.25, 0.3) is 0 Å². The third-order valence-corrected chi connectivity index (χ3v) is 3.70. The van der Waals surface area contributed by atoms with Crippen molar-refractivity contribution in [3.63, 3.8) is 0 Å². The average molecular weight is 240 g/mol. The van der Waals surface area contributed by atoms with E-state index in [1.807, 2.05) is 6.92 Å². The Morgan fingerprint density at radius 3 is 2.94 bits per heavy atom. The minimum atomic E-state index is -0.0663. The van der Waals surface area contributed by atoms with Gasteiger partial charge in [0.15, 0.2) is 5.78 Å². The summed E-state index contributed by atoms with van der Waals surface area (Å²) < 4.78 is 9.60. The maximum absolute atomic E-state index is 11.5. The molecule has 1 aromatic heterocycles. The Morgan fingerprint density at radius 1 is 1.62 bits per heavy atom. The van der Waals surface area contributed by atoms with E-state index < -0.39 is 0 Å². The third kappa shape index (κ3) is 2.10. The first-order valence-electron chi connectivity index (χ1n) is 5.35. The summed E-state index contributed by atoms with van der Waals surface area (Å²) in [4.78, 5) is 11.5. The van der Waals surface area contributed by atoms with Gasteiger partial charge >= 0.3 is 0 Å². The fourth-order valence-corrected chi connectivity index (χ4v) is 2.90. The van der Waals surface area contributed by atoms with Gasteiger partial charge < -0.3 is 10.1 Å². The van der Waals surface area contributed by atoms with E-state index in [-0.39, 0.29) is 11.3 Å². The van der Waals surface area contributed by atoms with Gasteiger partial charge in [-0.05, 0) is 38.7 Å². The molecule has 1 aliphatic rings. The zero-order chi connectivity index (χ0) is 11.8. The van der Waals surface area contributed by atoms with Gasteiger partial charge in [-0.1, -0.05) is 0 Å². The Balaban J connectivity index is 2.24. The minimum Gasteiger partial charge on any atom is -0.379 e. The Kier molecular flexibility index (Phi) is 2.99. The summed E-state index contributed by atoms with van der Waals surface area (Å²) in [6.07, 6.45) is 0.960. The van der Waals surface area contributed by atoms with Crippen molar-refractivity contribution in [2.45, 2.75) is 32.7 Å². The molecule has 1 aliphatic heterocycles. The van der Waals surface area contributed by atoms with Crippen LogP contribution in [0.5, 0.6) is 0 Å². The smallest absolute Gasteiger partial charge is 0.164 e. The van der Waals surface area contributed by atoms with E-state index in [0.29, 0.717) is 6.61 Å². The topological polar surface area (TPSA) is 51.2 Å². The molecule has 88 valence electrons. The largest absolute Gasteiger partial charge is 0.379 e. The predicted molar refractivity (Wildman–Crippen MR) is 64.3 cm³/mol. The van der Waals surface area contributed by atoms with Crippen LogP contribution in [0.3, 0.4) is 0 Å². The summed E-state index contributed by atoms with van der Waals surface area (Å²) in [6, 6.07) is 0. The van der Waals surface area contributed by atoms with Crippen molar-refractivity contribution in [3.8, 4) is 0 Å². The van der Waals surface area contributed by atoms with E-state index in [2.05, 4.69) is 16.6 Å². The summed E-state index contributed by atoms with van der Waals surface area (Å²) >= 11 is 1.35. The minimum absolute atomic E-state index is 0.0660. The lowest BCUT2D eigenvalue weighted by atomic mass is 10.0. The molecule has 5 heteroatoms. The van der Waals surface area contributed by atoms with Crippen LogP contribution in [-0.2, 0) is 4.74 Å². The van der Waals surface area contributed by atoms with Gasteiger partial charge in [0, 0.05) is 6.61 Å². The molecule has 0 radical (unpaired) electrons. The normalized spacial score (nSPS) is 24.7. The summed E-state index contributed by atoms with van der Waals surface area (Å²) in [5, 5.41) is 4.27. The first-order valence-corrected chi connectivity index (χ1v) is 6.12. The Morgan fingerprint density at radius 2 is 2.38 bits per heavy atom. The first kappa shape index (κ1) is 11.5. The van der Waals surface area contributed by atoms with Crippen LogP contribution in [0.4, 0.5) is 5.00 Å². The second-order valence-corrected chi connectivity index (χ2v) is 5.29. The van der Waals surface area contributed by atoms with E-state index >= 15 is 0 Å². The van der Waals surface area contributed by atoms with E-state index in [1.54, 1.807) is 6.92 Å². The molecule has 16 heavy (non-hydrogen) atoms. The number of ketones is 1. The Labute approximate surface area is 99.2 Å². The van der Waals surface area contributed by atoms with Gasteiger partial charge in [-0.15, -0.1) is 0 Å². The zero-order valence-corrected chi connectivity index (χ0v) is 10.6. The average Bonchev–Trinajstić information content (AvgIpc) is 2.74. The number of nitrogens with zero attached hydrogens (tertiary/aromatic N) is 1. The number of ether oxygens (including phenoxy) is 1. The lowest BCUT2D eigenvalue weighted by Crippen LogP contribution is -2.35. The molecule has 1 atom stereocenters. The number of nitrogens with one attached hydrogen (secondary N) is 1. The van der Waals surface area contributed by atoms with E-state index in [1.165, 1.54) is 11.5 Å². The number of hydrogen-bond acceptors (Lipinski definition) is 5. The molecular formula is C11H16N2O2S. The van der Waals surface area contributed by atoms with Crippen molar-refractivity contribution in [2.24, 2.45) is 0 Å². The van der Waals surface area contributed by atoms with Gasteiger partial charge in [0.05, 0.1) is 23.4 Å². The number of Topliss-reactive ketones (excluding diaryl/α,β-unsaturated/α-hetero) is 1. The maximum atomic E-state index is 11.5. The molecule has 4 nitrogen and oxygen atoms in total. The lowest BCUT2D eigenvalue weighted by Gasteiger charge is -2.24. The summed E-state index contributed by atoms with van der Waals surface area (Å²) in [5.74, 6) is 0.0660. The number of aryl methyl sites for hydroxylation is 1. The molecule has 2 rings (SSSR count). The first-order chi connectivity index (χ1) is 7.52. The molecule has 1 aromatic rings. The van der Waals surface area contributed by atoms with Crippen molar-refractivity contribution in [2.75, 3.05) is 18.5 Å². The SMILES string of the molecule is CC(=O)c1c(C)nsc1NC1(C)CCOC1. The van der Waals surface area contributed by atoms with Crippen molar-refractivity contribution in [1.82, 2.24) is 4.37 Å². The molecule has 1 saturated heterocycles. The molecule has 0 aliphatic carbocycles. The van der Waals surface area contributed by atoms with E-state index in [0.717, 1.165) is 29.3 Å². The monoisotopic (exact) mass is 240 g/mol. The zero-order valence-electron chi connectivity index (χ0n) is 9.79. The summed E-state index contributed by atoms with van der Waals surface area (Å²) in [6.45, 7) is 7.01. The van der Waals surface area contributed by atoms with Crippen LogP contribution < -0.4 is 5.32 Å². The highest BCUT2D eigenvalue weighted by Gasteiger charge is 2.31. The highest BCUT2D eigenvalue weighted by atomic mass is 32.1. The molecule has 0 amide bonds. The molecule has 2 heterocycles. The van der Waals surface area contributed by atoms with Crippen molar-refractivity contribution in [3.05, 3.63) is 11.3 Å².